The average Bonchev–Trinajstić information content (AvgIpc) is 2.07. The predicted octanol–water partition coefficient (Wildman–Crippen LogP) is 1.27. The SMILES string of the molecule is CNC[C@@H](C)C1CCOCC1. The Morgan fingerprint density at radius 3 is 2.64 bits per heavy atom. The van der Waals surface area contributed by atoms with Gasteiger partial charge in [0.2, 0.25) is 0 Å². The third kappa shape index (κ3) is 2.80. The van der Waals surface area contributed by atoms with Crippen LogP contribution in [0.15, 0.2) is 0 Å². The van der Waals surface area contributed by atoms with Crippen molar-refractivity contribution in [2.45, 2.75) is 19.8 Å². The fraction of sp³-hybridized carbons (Fsp3) is 1.00. The van der Waals surface area contributed by atoms with Crippen molar-refractivity contribution < 1.29 is 4.74 Å². The summed E-state index contributed by atoms with van der Waals surface area (Å²) in [5.41, 5.74) is 0. The molecule has 0 saturated carbocycles. The molecule has 0 aromatic heterocycles. The van der Waals surface area contributed by atoms with E-state index in [1.807, 2.05) is 7.05 Å². The smallest absolute Gasteiger partial charge is 0.0468 e. The van der Waals surface area contributed by atoms with Crippen molar-refractivity contribution in [3.05, 3.63) is 0 Å². The fourth-order valence-corrected chi connectivity index (χ4v) is 1.77. The molecule has 1 N–H and O–H groups in total. The van der Waals surface area contributed by atoms with E-state index >= 15 is 0 Å². The molecule has 2 heteroatoms. The van der Waals surface area contributed by atoms with Crippen LogP contribution in [0, 0.1) is 11.8 Å². The number of ether oxygens (including phenoxy) is 1. The lowest BCUT2D eigenvalue weighted by Gasteiger charge is -2.27. The van der Waals surface area contributed by atoms with E-state index in [1.165, 1.54) is 12.8 Å². The van der Waals surface area contributed by atoms with Crippen LogP contribution in [0.25, 0.3) is 0 Å². The summed E-state index contributed by atoms with van der Waals surface area (Å²) in [6.45, 7) is 5.41. The minimum Gasteiger partial charge on any atom is -0.381 e. The van der Waals surface area contributed by atoms with Crippen LogP contribution in [0.1, 0.15) is 19.8 Å². The molecule has 1 aliphatic heterocycles. The molecule has 2 nitrogen and oxygen atoms in total. The van der Waals surface area contributed by atoms with Gasteiger partial charge in [-0.05, 0) is 38.3 Å². The van der Waals surface area contributed by atoms with E-state index in [9.17, 15) is 0 Å². The van der Waals surface area contributed by atoms with Gasteiger partial charge in [-0.3, -0.25) is 0 Å². The Morgan fingerprint density at radius 1 is 1.45 bits per heavy atom. The maximum Gasteiger partial charge on any atom is 0.0468 e. The van der Waals surface area contributed by atoms with Gasteiger partial charge in [0.25, 0.3) is 0 Å². The Kier molecular flexibility index (Phi) is 3.87. The van der Waals surface area contributed by atoms with Crippen molar-refractivity contribution in [3.8, 4) is 0 Å². The molecule has 11 heavy (non-hydrogen) atoms. The molecule has 0 bridgehead atoms. The highest BCUT2D eigenvalue weighted by molar-refractivity contribution is 4.70. The molecule has 1 fully saturated rings. The van der Waals surface area contributed by atoms with Crippen molar-refractivity contribution in [1.29, 1.82) is 0 Å². The average molecular weight is 157 g/mol. The van der Waals surface area contributed by atoms with Crippen LogP contribution in [-0.2, 0) is 4.74 Å². The minimum absolute atomic E-state index is 0.809. The monoisotopic (exact) mass is 157 g/mol. The standard InChI is InChI=1S/C9H19NO/c1-8(7-10-2)9-3-5-11-6-4-9/h8-10H,3-7H2,1-2H3/t8-/m1/s1. The van der Waals surface area contributed by atoms with Crippen LogP contribution in [0.5, 0.6) is 0 Å². The van der Waals surface area contributed by atoms with Crippen LogP contribution in [0.3, 0.4) is 0 Å². The van der Waals surface area contributed by atoms with E-state index in [0.29, 0.717) is 0 Å². The van der Waals surface area contributed by atoms with E-state index in [-0.39, 0.29) is 0 Å². The molecule has 66 valence electrons. The van der Waals surface area contributed by atoms with E-state index in [1.54, 1.807) is 0 Å². The second-order valence-corrected chi connectivity index (χ2v) is 3.48. The maximum atomic E-state index is 5.31. The Labute approximate surface area is 69.3 Å². The van der Waals surface area contributed by atoms with E-state index in [0.717, 1.165) is 31.6 Å². The summed E-state index contributed by atoms with van der Waals surface area (Å²) in [5, 5.41) is 3.22. The van der Waals surface area contributed by atoms with Gasteiger partial charge in [0, 0.05) is 13.2 Å². The van der Waals surface area contributed by atoms with Crippen LogP contribution in [0.2, 0.25) is 0 Å². The van der Waals surface area contributed by atoms with Gasteiger partial charge in [-0.15, -0.1) is 0 Å². The van der Waals surface area contributed by atoms with Crippen LogP contribution in [0.4, 0.5) is 0 Å². The molecule has 0 spiro atoms. The third-order valence-corrected chi connectivity index (χ3v) is 2.60. The lowest BCUT2D eigenvalue weighted by atomic mass is 9.87. The van der Waals surface area contributed by atoms with Crippen molar-refractivity contribution >= 4 is 0 Å². The first kappa shape index (κ1) is 9.01. The van der Waals surface area contributed by atoms with Crippen molar-refractivity contribution in [2.24, 2.45) is 11.8 Å². The van der Waals surface area contributed by atoms with E-state index in [4.69, 9.17) is 4.74 Å². The molecule has 0 unspecified atom stereocenters. The Balaban J connectivity index is 2.21. The summed E-state index contributed by atoms with van der Waals surface area (Å²) in [7, 11) is 2.02. The third-order valence-electron chi connectivity index (χ3n) is 2.60. The van der Waals surface area contributed by atoms with E-state index < -0.39 is 0 Å². The highest BCUT2D eigenvalue weighted by atomic mass is 16.5. The molecule has 1 rings (SSSR count). The first-order valence-corrected chi connectivity index (χ1v) is 4.57. The predicted molar refractivity (Wildman–Crippen MR) is 46.6 cm³/mol. The molecule has 1 atom stereocenters. The quantitative estimate of drug-likeness (QED) is 0.666. The van der Waals surface area contributed by atoms with Gasteiger partial charge in [0.1, 0.15) is 0 Å². The first-order chi connectivity index (χ1) is 5.34. The van der Waals surface area contributed by atoms with Crippen molar-refractivity contribution in [1.82, 2.24) is 5.32 Å². The molecular formula is C9H19NO. The van der Waals surface area contributed by atoms with Gasteiger partial charge in [0.05, 0.1) is 0 Å². The summed E-state index contributed by atoms with van der Waals surface area (Å²) >= 11 is 0. The second-order valence-electron chi connectivity index (χ2n) is 3.48. The molecule has 0 amide bonds. The first-order valence-electron chi connectivity index (χ1n) is 4.57. The Hall–Kier alpha value is -0.0800. The summed E-state index contributed by atoms with van der Waals surface area (Å²) < 4.78 is 5.31. The molecular weight excluding hydrogens is 138 g/mol. The molecule has 0 aliphatic carbocycles. The normalized spacial score (nSPS) is 23.5. The van der Waals surface area contributed by atoms with Crippen molar-refractivity contribution in [2.75, 3.05) is 26.8 Å². The zero-order valence-electron chi connectivity index (χ0n) is 7.60. The Morgan fingerprint density at radius 2 is 2.09 bits per heavy atom. The van der Waals surface area contributed by atoms with Gasteiger partial charge in [-0.1, -0.05) is 6.92 Å². The van der Waals surface area contributed by atoms with Gasteiger partial charge < -0.3 is 10.1 Å². The molecule has 1 heterocycles. The minimum atomic E-state index is 0.809. The highest BCUT2D eigenvalue weighted by Gasteiger charge is 2.19. The summed E-state index contributed by atoms with van der Waals surface area (Å²) in [6, 6.07) is 0. The number of nitrogens with one attached hydrogen (secondary N) is 1. The fourth-order valence-electron chi connectivity index (χ4n) is 1.77. The molecule has 0 aromatic rings. The molecule has 0 radical (unpaired) electrons. The largest absolute Gasteiger partial charge is 0.381 e. The Bertz CT molecular complexity index is 99.7. The maximum absolute atomic E-state index is 5.31. The topological polar surface area (TPSA) is 21.3 Å². The second kappa shape index (κ2) is 4.73. The van der Waals surface area contributed by atoms with Gasteiger partial charge in [-0.2, -0.15) is 0 Å². The summed E-state index contributed by atoms with van der Waals surface area (Å²) in [4.78, 5) is 0. The highest BCUT2D eigenvalue weighted by Crippen LogP contribution is 2.22. The van der Waals surface area contributed by atoms with Gasteiger partial charge in [0.15, 0.2) is 0 Å². The number of hydrogen-bond donors (Lipinski definition) is 1. The lowest BCUT2D eigenvalue weighted by Crippen LogP contribution is -2.28. The number of hydrogen-bond acceptors (Lipinski definition) is 2. The lowest BCUT2D eigenvalue weighted by molar-refractivity contribution is 0.0498. The van der Waals surface area contributed by atoms with E-state index in [2.05, 4.69) is 12.2 Å². The molecule has 1 aliphatic rings. The van der Waals surface area contributed by atoms with Crippen LogP contribution in [-0.4, -0.2) is 26.8 Å². The van der Waals surface area contributed by atoms with Gasteiger partial charge in [-0.25, -0.2) is 0 Å². The summed E-state index contributed by atoms with van der Waals surface area (Å²) in [6.07, 6.45) is 2.51. The molecule has 0 aromatic carbocycles. The number of rotatable bonds is 3. The van der Waals surface area contributed by atoms with Crippen molar-refractivity contribution in [3.63, 3.8) is 0 Å². The van der Waals surface area contributed by atoms with Crippen LogP contribution < -0.4 is 5.32 Å². The summed E-state index contributed by atoms with van der Waals surface area (Å²) in [5.74, 6) is 1.69. The van der Waals surface area contributed by atoms with Gasteiger partial charge >= 0.3 is 0 Å². The zero-order chi connectivity index (χ0) is 8.10. The van der Waals surface area contributed by atoms with Crippen LogP contribution >= 0.6 is 0 Å². The molecule has 1 saturated heterocycles. The zero-order valence-corrected chi connectivity index (χ0v) is 7.60.